The number of rotatable bonds is 7. The Hall–Kier alpha value is -3.38. The van der Waals surface area contributed by atoms with E-state index in [0.717, 1.165) is 40.9 Å². The zero-order valence-corrected chi connectivity index (χ0v) is 18.8. The van der Waals surface area contributed by atoms with Crippen LogP contribution in [0.15, 0.2) is 60.0 Å². The number of carbonyl (C=O) groups excluding carboxylic acids is 1. The Morgan fingerprint density at radius 2 is 1.68 bits per heavy atom. The SMILES string of the molecule is Cc1ccc(CCn2c(-c3csc(Nc4ccc(C)cc4)n3)cc(C(N)=O)c2C)cc1. The van der Waals surface area contributed by atoms with Gasteiger partial charge in [-0.15, -0.1) is 11.3 Å². The molecule has 158 valence electrons. The molecule has 1 amide bonds. The van der Waals surface area contributed by atoms with E-state index < -0.39 is 5.91 Å². The van der Waals surface area contributed by atoms with Gasteiger partial charge < -0.3 is 15.6 Å². The minimum absolute atomic E-state index is 0.416. The van der Waals surface area contributed by atoms with Crippen molar-refractivity contribution in [1.29, 1.82) is 0 Å². The molecule has 0 fully saturated rings. The Morgan fingerprint density at radius 1 is 1.03 bits per heavy atom. The molecule has 2 heterocycles. The lowest BCUT2D eigenvalue weighted by Gasteiger charge is -2.11. The number of nitrogens with zero attached hydrogens (tertiary/aromatic N) is 2. The van der Waals surface area contributed by atoms with E-state index in [1.807, 2.05) is 30.5 Å². The summed E-state index contributed by atoms with van der Waals surface area (Å²) in [6, 6.07) is 18.6. The van der Waals surface area contributed by atoms with Gasteiger partial charge in [-0.3, -0.25) is 4.79 Å². The number of anilines is 2. The Bertz CT molecular complexity index is 1200. The predicted octanol–water partition coefficient (Wildman–Crippen LogP) is 5.62. The summed E-state index contributed by atoms with van der Waals surface area (Å²) in [4.78, 5) is 16.8. The molecule has 3 N–H and O–H groups in total. The lowest BCUT2D eigenvalue weighted by atomic mass is 10.1. The van der Waals surface area contributed by atoms with Gasteiger partial charge in [0.15, 0.2) is 5.13 Å². The van der Waals surface area contributed by atoms with Gasteiger partial charge in [-0.1, -0.05) is 47.5 Å². The minimum atomic E-state index is -0.416. The molecular weight excluding hydrogens is 404 g/mol. The van der Waals surface area contributed by atoms with Crippen molar-refractivity contribution in [2.75, 3.05) is 5.32 Å². The van der Waals surface area contributed by atoms with Crippen molar-refractivity contribution in [2.24, 2.45) is 5.73 Å². The molecule has 0 atom stereocenters. The number of hydrogen-bond donors (Lipinski definition) is 2. The first-order valence-corrected chi connectivity index (χ1v) is 11.1. The van der Waals surface area contributed by atoms with E-state index in [9.17, 15) is 4.79 Å². The smallest absolute Gasteiger partial charge is 0.250 e. The van der Waals surface area contributed by atoms with Gasteiger partial charge in [0.25, 0.3) is 5.91 Å². The third kappa shape index (κ3) is 4.70. The highest BCUT2D eigenvalue weighted by molar-refractivity contribution is 7.14. The number of nitrogens with one attached hydrogen (secondary N) is 1. The number of carbonyl (C=O) groups is 1. The Labute approximate surface area is 186 Å². The van der Waals surface area contributed by atoms with Gasteiger partial charge in [-0.05, 0) is 51.0 Å². The fraction of sp³-hybridized carbons (Fsp3) is 0.200. The van der Waals surface area contributed by atoms with Crippen LogP contribution in [-0.4, -0.2) is 15.5 Å². The van der Waals surface area contributed by atoms with E-state index in [-0.39, 0.29) is 0 Å². The number of aryl methyl sites for hydroxylation is 3. The molecule has 2 aromatic carbocycles. The van der Waals surface area contributed by atoms with E-state index in [0.29, 0.717) is 5.56 Å². The Morgan fingerprint density at radius 3 is 2.32 bits per heavy atom. The summed E-state index contributed by atoms with van der Waals surface area (Å²) in [5.41, 5.74) is 13.5. The second kappa shape index (κ2) is 8.78. The third-order valence-electron chi connectivity index (χ3n) is 5.45. The van der Waals surface area contributed by atoms with Crippen LogP contribution in [0, 0.1) is 20.8 Å². The normalized spacial score (nSPS) is 10.9. The van der Waals surface area contributed by atoms with Gasteiger partial charge in [0.2, 0.25) is 0 Å². The van der Waals surface area contributed by atoms with Crippen LogP contribution in [0.4, 0.5) is 10.8 Å². The number of hydrogen-bond acceptors (Lipinski definition) is 4. The first-order valence-electron chi connectivity index (χ1n) is 10.3. The average Bonchev–Trinajstić information content (AvgIpc) is 3.33. The molecule has 5 nitrogen and oxygen atoms in total. The molecule has 0 bridgehead atoms. The highest BCUT2D eigenvalue weighted by Crippen LogP contribution is 2.30. The summed E-state index contributed by atoms with van der Waals surface area (Å²) >= 11 is 1.54. The first-order chi connectivity index (χ1) is 14.9. The summed E-state index contributed by atoms with van der Waals surface area (Å²) in [5, 5.41) is 6.18. The van der Waals surface area contributed by atoms with E-state index in [2.05, 4.69) is 60.1 Å². The highest BCUT2D eigenvalue weighted by atomic mass is 32.1. The average molecular weight is 431 g/mol. The molecule has 4 rings (SSSR count). The van der Waals surface area contributed by atoms with Crippen LogP contribution in [-0.2, 0) is 13.0 Å². The molecule has 31 heavy (non-hydrogen) atoms. The van der Waals surface area contributed by atoms with Crippen molar-refractivity contribution in [1.82, 2.24) is 9.55 Å². The van der Waals surface area contributed by atoms with Crippen molar-refractivity contribution >= 4 is 28.1 Å². The van der Waals surface area contributed by atoms with Crippen LogP contribution < -0.4 is 11.1 Å². The highest BCUT2D eigenvalue weighted by Gasteiger charge is 2.18. The van der Waals surface area contributed by atoms with Crippen LogP contribution in [0.1, 0.15) is 32.7 Å². The Kier molecular flexibility index (Phi) is 5.91. The van der Waals surface area contributed by atoms with E-state index >= 15 is 0 Å². The second-order valence-corrected chi connectivity index (χ2v) is 8.67. The molecule has 0 radical (unpaired) electrons. The van der Waals surface area contributed by atoms with E-state index in [1.54, 1.807) is 0 Å². The lowest BCUT2D eigenvalue weighted by molar-refractivity contribution is 0.0999. The van der Waals surface area contributed by atoms with Crippen molar-refractivity contribution in [3.05, 3.63) is 87.9 Å². The summed E-state index contributed by atoms with van der Waals surface area (Å²) in [6.45, 7) is 6.84. The Balaban J connectivity index is 1.61. The molecule has 0 spiro atoms. The van der Waals surface area contributed by atoms with Crippen LogP contribution in [0.5, 0.6) is 0 Å². The van der Waals surface area contributed by atoms with Crippen molar-refractivity contribution in [3.63, 3.8) is 0 Å². The molecule has 6 heteroatoms. The molecule has 0 saturated heterocycles. The minimum Gasteiger partial charge on any atom is -0.366 e. The van der Waals surface area contributed by atoms with Crippen molar-refractivity contribution < 1.29 is 4.79 Å². The van der Waals surface area contributed by atoms with Gasteiger partial charge in [0, 0.05) is 23.3 Å². The molecule has 0 aliphatic rings. The summed E-state index contributed by atoms with van der Waals surface area (Å²) in [7, 11) is 0. The van der Waals surface area contributed by atoms with Crippen LogP contribution in [0.2, 0.25) is 0 Å². The molecule has 2 aromatic heterocycles. The predicted molar refractivity (Wildman–Crippen MR) is 128 cm³/mol. The second-order valence-electron chi connectivity index (χ2n) is 7.81. The number of aromatic nitrogens is 2. The molecule has 4 aromatic rings. The van der Waals surface area contributed by atoms with Crippen LogP contribution >= 0.6 is 11.3 Å². The topological polar surface area (TPSA) is 72.9 Å². The standard InChI is InChI=1S/C25H26N4OS/c1-16-4-8-19(9-5-16)12-13-29-18(3)21(24(26)30)14-23(29)22-15-31-25(28-22)27-20-10-6-17(2)7-11-20/h4-11,14-15H,12-13H2,1-3H3,(H2,26,30)(H,27,28). The molecular formula is C25H26N4OS. The van der Waals surface area contributed by atoms with Gasteiger partial charge in [0.1, 0.15) is 0 Å². The maximum absolute atomic E-state index is 12.0. The largest absolute Gasteiger partial charge is 0.366 e. The number of amides is 1. The van der Waals surface area contributed by atoms with Gasteiger partial charge in [-0.25, -0.2) is 4.98 Å². The summed E-state index contributed by atoms with van der Waals surface area (Å²) in [6.07, 6.45) is 0.861. The zero-order chi connectivity index (χ0) is 22.0. The monoisotopic (exact) mass is 430 g/mol. The molecule has 0 aliphatic heterocycles. The molecule has 0 unspecified atom stereocenters. The zero-order valence-electron chi connectivity index (χ0n) is 18.0. The fourth-order valence-electron chi connectivity index (χ4n) is 3.60. The first kappa shape index (κ1) is 20.9. The lowest BCUT2D eigenvalue weighted by Crippen LogP contribution is -2.13. The number of thiazole rings is 1. The van der Waals surface area contributed by atoms with Crippen LogP contribution in [0.25, 0.3) is 11.4 Å². The van der Waals surface area contributed by atoms with Crippen LogP contribution in [0.3, 0.4) is 0 Å². The van der Waals surface area contributed by atoms with E-state index in [4.69, 9.17) is 10.7 Å². The third-order valence-corrected chi connectivity index (χ3v) is 6.20. The quantitative estimate of drug-likeness (QED) is 0.399. The van der Waals surface area contributed by atoms with Gasteiger partial charge >= 0.3 is 0 Å². The number of primary amides is 1. The van der Waals surface area contributed by atoms with E-state index in [1.165, 1.54) is 28.0 Å². The molecule has 0 saturated carbocycles. The van der Waals surface area contributed by atoms with Crippen molar-refractivity contribution in [3.8, 4) is 11.4 Å². The summed E-state index contributed by atoms with van der Waals surface area (Å²) < 4.78 is 2.14. The van der Waals surface area contributed by atoms with Gasteiger partial charge in [-0.2, -0.15) is 0 Å². The number of benzene rings is 2. The summed E-state index contributed by atoms with van der Waals surface area (Å²) in [5.74, 6) is -0.416. The maximum atomic E-state index is 12.0. The van der Waals surface area contributed by atoms with Gasteiger partial charge in [0.05, 0.1) is 17.0 Å². The molecule has 0 aliphatic carbocycles. The van der Waals surface area contributed by atoms with Crippen molar-refractivity contribution in [2.45, 2.75) is 33.7 Å². The fourth-order valence-corrected chi connectivity index (χ4v) is 4.32. The maximum Gasteiger partial charge on any atom is 0.250 e. The number of nitrogens with two attached hydrogens (primary N) is 1.